The summed E-state index contributed by atoms with van der Waals surface area (Å²) in [6, 6.07) is 0. The molecule has 1 N–H and O–H groups in total. The molecule has 1 heterocycles. The van der Waals surface area contributed by atoms with Gasteiger partial charge in [0, 0.05) is 24.8 Å². The third-order valence-electron chi connectivity index (χ3n) is 2.76. The van der Waals surface area contributed by atoms with E-state index in [-0.39, 0.29) is 17.6 Å². The third-order valence-corrected chi connectivity index (χ3v) is 4.02. The summed E-state index contributed by atoms with van der Waals surface area (Å²) in [6.07, 6.45) is 1.54. The zero-order valence-electron chi connectivity index (χ0n) is 10.8. The summed E-state index contributed by atoms with van der Waals surface area (Å²) in [5, 5.41) is 8.72. The normalized spacial score (nSPS) is 17.5. The van der Waals surface area contributed by atoms with Gasteiger partial charge in [0.2, 0.25) is 5.91 Å². The Balaban J connectivity index is 2.06. The highest BCUT2D eigenvalue weighted by molar-refractivity contribution is 7.99. The van der Waals surface area contributed by atoms with E-state index in [0.717, 1.165) is 12.2 Å². The minimum Gasteiger partial charge on any atom is -0.481 e. The van der Waals surface area contributed by atoms with E-state index in [9.17, 15) is 9.59 Å². The molecule has 1 fully saturated rings. The highest BCUT2D eigenvalue weighted by Gasteiger charge is 2.16. The summed E-state index contributed by atoms with van der Waals surface area (Å²) in [7, 11) is 0. The Kier molecular flexibility index (Phi) is 7.12. The van der Waals surface area contributed by atoms with Crippen LogP contribution in [-0.4, -0.2) is 59.2 Å². The first-order valence-corrected chi connectivity index (χ1v) is 7.33. The van der Waals surface area contributed by atoms with Crippen molar-refractivity contribution in [3.05, 3.63) is 0 Å². The molecule has 1 aliphatic heterocycles. The first kappa shape index (κ1) is 15.3. The quantitative estimate of drug-likeness (QED) is 0.708. The SMILES string of the molecule is CC(CC(=O)O)SCCCC(=O)N1CCOCC1. The van der Waals surface area contributed by atoms with E-state index in [0.29, 0.717) is 32.7 Å². The van der Waals surface area contributed by atoms with Gasteiger partial charge in [-0.05, 0) is 12.2 Å². The van der Waals surface area contributed by atoms with Crippen LogP contribution in [0.25, 0.3) is 0 Å². The van der Waals surface area contributed by atoms with E-state index >= 15 is 0 Å². The molecule has 0 bridgehead atoms. The molecule has 18 heavy (non-hydrogen) atoms. The molecule has 0 aromatic carbocycles. The van der Waals surface area contributed by atoms with Crippen LogP contribution in [-0.2, 0) is 14.3 Å². The van der Waals surface area contributed by atoms with Crippen LogP contribution < -0.4 is 0 Å². The predicted molar refractivity (Wildman–Crippen MR) is 70.8 cm³/mol. The topological polar surface area (TPSA) is 66.8 Å². The number of aliphatic carboxylic acids is 1. The van der Waals surface area contributed by atoms with Crippen molar-refractivity contribution in [2.45, 2.75) is 31.4 Å². The van der Waals surface area contributed by atoms with Crippen molar-refractivity contribution >= 4 is 23.6 Å². The third kappa shape index (κ3) is 6.26. The second kappa shape index (κ2) is 8.37. The first-order chi connectivity index (χ1) is 8.59. The molecule has 1 aliphatic rings. The van der Waals surface area contributed by atoms with E-state index in [4.69, 9.17) is 9.84 Å². The van der Waals surface area contributed by atoms with Crippen LogP contribution in [0.15, 0.2) is 0 Å². The van der Waals surface area contributed by atoms with Gasteiger partial charge in [-0.25, -0.2) is 0 Å². The van der Waals surface area contributed by atoms with Crippen molar-refractivity contribution in [1.29, 1.82) is 0 Å². The number of nitrogens with zero attached hydrogens (tertiary/aromatic N) is 1. The van der Waals surface area contributed by atoms with E-state index in [1.54, 1.807) is 11.8 Å². The van der Waals surface area contributed by atoms with Crippen molar-refractivity contribution in [2.75, 3.05) is 32.1 Å². The number of carboxylic acid groups (broad SMARTS) is 1. The molecule has 1 atom stereocenters. The maximum Gasteiger partial charge on any atom is 0.304 e. The molecule has 6 heteroatoms. The molecule has 0 aliphatic carbocycles. The molecule has 1 unspecified atom stereocenters. The van der Waals surface area contributed by atoms with Crippen LogP contribution in [0, 0.1) is 0 Å². The highest BCUT2D eigenvalue weighted by Crippen LogP contribution is 2.16. The molecule has 104 valence electrons. The fourth-order valence-corrected chi connectivity index (χ4v) is 2.76. The zero-order chi connectivity index (χ0) is 13.4. The van der Waals surface area contributed by atoms with Gasteiger partial charge in [-0.3, -0.25) is 9.59 Å². The number of carbonyl (C=O) groups excluding carboxylic acids is 1. The summed E-state index contributed by atoms with van der Waals surface area (Å²) >= 11 is 1.62. The fourth-order valence-electron chi connectivity index (χ4n) is 1.78. The Morgan fingerprint density at radius 1 is 1.39 bits per heavy atom. The van der Waals surface area contributed by atoms with Crippen LogP contribution in [0.2, 0.25) is 0 Å². The maximum absolute atomic E-state index is 11.8. The summed E-state index contributed by atoms with van der Waals surface area (Å²) in [5.41, 5.74) is 0. The molecule has 0 aromatic heterocycles. The minimum atomic E-state index is -0.764. The maximum atomic E-state index is 11.8. The number of rotatable bonds is 7. The smallest absolute Gasteiger partial charge is 0.304 e. The lowest BCUT2D eigenvalue weighted by Gasteiger charge is -2.26. The monoisotopic (exact) mass is 275 g/mol. The Morgan fingerprint density at radius 2 is 2.06 bits per heavy atom. The molecular weight excluding hydrogens is 254 g/mol. The average molecular weight is 275 g/mol. The predicted octanol–water partition coefficient (Wildman–Crippen LogP) is 1.22. The number of hydrogen-bond acceptors (Lipinski definition) is 4. The second-order valence-electron chi connectivity index (χ2n) is 4.38. The van der Waals surface area contributed by atoms with Crippen LogP contribution in [0.4, 0.5) is 0 Å². The molecule has 0 radical (unpaired) electrons. The van der Waals surface area contributed by atoms with Crippen molar-refractivity contribution in [1.82, 2.24) is 4.90 Å². The first-order valence-electron chi connectivity index (χ1n) is 6.28. The molecule has 1 rings (SSSR count). The number of hydrogen-bond donors (Lipinski definition) is 1. The summed E-state index contributed by atoms with van der Waals surface area (Å²) in [4.78, 5) is 24.1. The Hall–Kier alpha value is -0.750. The van der Waals surface area contributed by atoms with Gasteiger partial charge in [0.25, 0.3) is 0 Å². The average Bonchev–Trinajstić information content (AvgIpc) is 2.34. The van der Waals surface area contributed by atoms with Gasteiger partial charge in [-0.15, -0.1) is 0 Å². The number of carboxylic acids is 1. The lowest BCUT2D eigenvalue weighted by molar-refractivity contribution is -0.137. The lowest BCUT2D eigenvalue weighted by atomic mass is 10.3. The second-order valence-corrected chi connectivity index (χ2v) is 5.92. The molecule has 1 amide bonds. The van der Waals surface area contributed by atoms with E-state index in [1.165, 1.54) is 0 Å². The molecule has 1 saturated heterocycles. The van der Waals surface area contributed by atoms with Gasteiger partial charge in [0.15, 0.2) is 0 Å². The lowest BCUT2D eigenvalue weighted by Crippen LogP contribution is -2.40. The van der Waals surface area contributed by atoms with E-state index in [2.05, 4.69) is 0 Å². The number of carbonyl (C=O) groups is 2. The number of morpholine rings is 1. The van der Waals surface area contributed by atoms with Crippen molar-refractivity contribution in [3.8, 4) is 0 Å². The number of thioether (sulfide) groups is 1. The Bertz CT molecular complexity index is 279. The largest absolute Gasteiger partial charge is 0.481 e. The fraction of sp³-hybridized carbons (Fsp3) is 0.833. The summed E-state index contributed by atoms with van der Waals surface area (Å²) in [6.45, 7) is 4.57. The Morgan fingerprint density at radius 3 is 2.67 bits per heavy atom. The summed E-state index contributed by atoms with van der Waals surface area (Å²) < 4.78 is 5.19. The molecule has 0 saturated carbocycles. The van der Waals surface area contributed by atoms with E-state index < -0.39 is 5.97 Å². The van der Waals surface area contributed by atoms with Gasteiger partial charge >= 0.3 is 5.97 Å². The van der Waals surface area contributed by atoms with Crippen molar-refractivity contribution in [3.63, 3.8) is 0 Å². The van der Waals surface area contributed by atoms with Crippen LogP contribution in [0.1, 0.15) is 26.2 Å². The molecule has 5 nitrogen and oxygen atoms in total. The summed E-state index contributed by atoms with van der Waals surface area (Å²) in [5.74, 6) is 0.258. The van der Waals surface area contributed by atoms with Gasteiger partial charge < -0.3 is 14.7 Å². The van der Waals surface area contributed by atoms with Crippen molar-refractivity contribution in [2.24, 2.45) is 0 Å². The standard InChI is InChI=1S/C12H21NO4S/c1-10(9-12(15)16)18-8-2-3-11(14)13-4-6-17-7-5-13/h10H,2-9H2,1H3,(H,15,16). The van der Waals surface area contributed by atoms with Gasteiger partial charge in [0.05, 0.1) is 19.6 Å². The van der Waals surface area contributed by atoms with Crippen LogP contribution in [0.5, 0.6) is 0 Å². The zero-order valence-corrected chi connectivity index (χ0v) is 11.6. The number of amides is 1. The van der Waals surface area contributed by atoms with Gasteiger partial charge in [-0.1, -0.05) is 6.92 Å². The molecule has 0 spiro atoms. The van der Waals surface area contributed by atoms with Gasteiger partial charge in [0.1, 0.15) is 0 Å². The van der Waals surface area contributed by atoms with Gasteiger partial charge in [-0.2, -0.15) is 11.8 Å². The highest BCUT2D eigenvalue weighted by atomic mass is 32.2. The van der Waals surface area contributed by atoms with Crippen LogP contribution >= 0.6 is 11.8 Å². The van der Waals surface area contributed by atoms with E-state index in [1.807, 2.05) is 11.8 Å². The Labute approximate surface area is 112 Å². The van der Waals surface area contributed by atoms with Crippen LogP contribution in [0.3, 0.4) is 0 Å². The molecule has 0 aromatic rings. The molecular formula is C12H21NO4S. The minimum absolute atomic E-state index is 0.112. The number of ether oxygens (including phenoxy) is 1. The van der Waals surface area contributed by atoms with Crippen molar-refractivity contribution < 1.29 is 19.4 Å².